The molecule has 1 saturated heterocycles. The van der Waals surface area contributed by atoms with Crippen molar-refractivity contribution >= 4 is 16.5 Å². The predicted molar refractivity (Wildman–Crippen MR) is 146 cm³/mol. The van der Waals surface area contributed by atoms with Crippen molar-refractivity contribution < 1.29 is 9.47 Å². The first-order valence-corrected chi connectivity index (χ1v) is 14.9. The van der Waals surface area contributed by atoms with E-state index in [0.717, 1.165) is 36.5 Å². The van der Waals surface area contributed by atoms with E-state index in [0.29, 0.717) is 11.8 Å². The van der Waals surface area contributed by atoms with Gasteiger partial charge in [0.25, 0.3) is 0 Å². The van der Waals surface area contributed by atoms with Crippen molar-refractivity contribution in [1.29, 1.82) is 0 Å². The molecule has 0 bridgehead atoms. The molecule has 3 aliphatic carbocycles. The van der Waals surface area contributed by atoms with E-state index in [4.69, 9.17) is 9.47 Å². The van der Waals surface area contributed by atoms with Crippen LogP contribution in [0.5, 0.6) is 11.5 Å². The van der Waals surface area contributed by atoms with Crippen molar-refractivity contribution in [2.45, 2.75) is 89.9 Å². The van der Waals surface area contributed by atoms with Crippen LogP contribution in [0.3, 0.4) is 0 Å². The predicted octanol–water partition coefficient (Wildman–Crippen LogP) is 8.38. The average Bonchev–Trinajstić information content (AvgIpc) is 3.36. The van der Waals surface area contributed by atoms with Gasteiger partial charge in [-0.1, -0.05) is 63.5 Å². The Morgan fingerprint density at radius 2 is 1.17 bits per heavy atom. The molecule has 3 nitrogen and oxygen atoms in total. The van der Waals surface area contributed by atoms with Crippen molar-refractivity contribution in [2.75, 3.05) is 31.2 Å². The van der Waals surface area contributed by atoms with E-state index in [1.807, 2.05) is 0 Å². The number of benzene rings is 2. The van der Waals surface area contributed by atoms with Crippen LogP contribution in [0.1, 0.15) is 89.9 Å². The van der Waals surface area contributed by atoms with Gasteiger partial charge in [0.05, 0.1) is 18.6 Å². The maximum atomic E-state index is 6.64. The standard InChI is InChI=1S/C32H45NO2/c1-3-10-24(11-4-1)22-34-30-19-18-29(33-20-26-14-7-8-15-27(26)21-33)32-28(30)16-9-17-31(32)35-23-25-12-5-2-6-13-25/h9,16-19,24-27H,1-8,10-15,20-23H2. The van der Waals surface area contributed by atoms with Crippen LogP contribution in [0.15, 0.2) is 30.3 Å². The molecule has 35 heavy (non-hydrogen) atoms. The quantitative estimate of drug-likeness (QED) is 0.401. The van der Waals surface area contributed by atoms with E-state index in [9.17, 15) is 0 Å². The van der Waals surface area contributed by atoms with Crippen LogP contribution in [0.4, 0.5) is 5.69 Å². The second-order valence-corrected chi connectivity index (χ2v) is 12.1. The summed E-state index contributed by atoms with van der Waals surface area (Å²) in [7, 11) is 0. The number of rotatable bonds is 7. The second-order valence-electron chi connectivity index (χ2n) is 12.1. The summed E-state index contributed by atoms with van der Waals surface area (Å²) in [6.07, 6.45) is 19.2. The molecule has 2 aromatic carbocycles. The van der Waals surface area contributed by atoms with Crippen LogP contribution < -0.4 is 14.4 Å². The number of anilines is 1. The zero-order valence-corrected chi connectivity index (χ0v) is 21.7. The van der Waals surface area contributed by atoms with Gasteiger partial charge in [0.2, 0.25) is 0 Å². The zero-order chi connectivity index (χ0) is 23.5. The largest absolute Gasteiger partial charge is 0.493 e. The maximum absolute atomic E-state index is 6.64. The number of hydrogen-bond donors (Lipinski definition) is 0. The Kier molecular flexibility index (Phi) is 7.39. The van der Waals surface area contributed by atoms with Gasteiger partial charge in [0.1, 0.15) is 11.5 Å². The molecular formula is C32H45NO2. The van der Waals surface area contributed by atoms with Crippen molar-refractivity contribution in [1.82, 2.24) is 0 Å². The minimum Gasteiger partial charge on any atom is -0.493 e. The second kappa shape index (κ2) is 11.0. The summed E-state index contributed by atoms with van der Waals surface area (Å²) in [6.45, 7) is 4.13. The Hall–Kier alpha value is -1.90. The van der Waals surface area contributed by atoms with E-state index >= 15 is 0 Å². The maximum Gasteiger partial charge on any atom is 0.129 e. The van der Waals surface area contributed by atoms with Crippen LogP contribution in [0.25, 0.3) is 10.8 Å². The minimum absolute atomic E-state index is 0.711. The van der Waals surface area contributed by atoms with Gasteiger partial charge >= 0.3 is 0 Å². The molecule has 2 unspecified atom stereocenters. The van der Waals surface area contributed by atoms with Crippen molar-refractivity contribution in [3.63, 3.8) is 0 Å². The highest BCUT2D eigenvalue weighted by Gasteiger charge is 2.35. The van der Waals surface area contributed by atoms with Gasteiger partial charge in [0.15, 0.2) is 0 Å². The lowest BCUT2D eigenvalue weighted by atomic mass is 9.82. The van der Waals surface area contributed by atoms with Gasteiger partial charge in [-0.2, -0.15) is 0 Å². The first-order valence-electron chi connectivity index (χ1n) is 14.9. The molecule has 0 radical (unpaired) electrons. The van der Waals surface area contributed by atoms with Crippen LogP contribution in [-0.4, -0.2) is 26.3 Å². The smallest absolute Gasteiger partial charge is 0.129 e. The molecule has 0 aromatic heterocycles. The van der Waals surface area contributed by atoms with Gasteiger partial charge < -0.3 is 14.4 Å². The minimum atomic E-state index is 0.711. The summed E-state index contributed by atoms with van der Waals surface area (Å²) >= 11 is 0. The molecule has 1 heterocycles. The molecule has 3 heteroatoms. The number of nitrogens with zero attached hydrogens (tertiary/aromatic N) is 1. The van der Waals surface area contributed by atoms with Gasteiger partial charge in [0, 0.05) is 24.2 Å². The molecule has 190 valence electrons. The number of fused-ring (bicyclic) bond motifs is 2. The van der Waals surface area contributed by atoms with E-state index in [1.165, 1.54) is 119 Å². The molecule has 4 fully saturated rings. The summed E-state index contributed by atoms with van der Waals surface area (Å²) in [5.74, 6) is 5.29. The van der Waals surface area contributed by atoms with Gasteiger partial charge in [-0.15, -0.1) is 0 Å². The third-order valence-electron chi connectivity index (χ3n) is 9.66. The van der Waals surface area contributed by atoms with Crippen molar-refractivity contribution in [3.05, 3.63) is 30.3 Å². The molecule has 2 aromatic rings. The molecule has 0 N–H and O–H groups in total. The third kappa shape index (κ3) is 5.30. The Labute approximate surface area is 212 Å². The monoisotopic (exact) mass is 475 g/mol. The van der Waals surface area contributed by atoms with Crippen molar-refractivity contribution in [2.24, 2.45) is 23.7 Å². The topological polar surface area (TPSA) is 21.7 Å². The normalized spacial score (nSPS) is 26.1. The molecule has 0 spiro atoms. The van der Waals surface area contributed by atoms with Gasteiger partial charge in [-0.05, 0) is 80.4 Å². The fraction of sp³-hybridized carbons (Fsp3) is 0.688. The lowest BCUT2D eigenvalue weighted by Gasteiger charge is -2.26. The molecule has 2 atom stereocenters. The Balaban J connectivity index is 1.29. The average molecular weight is 476 g/mol. The summed E-state index contributed by atoms with van der Waals surface area (Å²) in [6, 6.07) is 11.3. The van der Waals surface area contributed by atoms with Gasteiger partial charge in [-0.3, -0.25) is 0 Å². The van der Waals surface area contributed by atoms with Gasteiger partial charge in [-0.25, -0.2) is 0 Å². The first-order chi connectivity index (χ1) is 17.3. The molecule has 1 aliphatic heterocycles. The zero-order valence-electron chi connectivity index (χ0n) is 21.7. The SMILES string of the molecule is c1cc(OCC2CCCCC2)c2c(N3CC4CCCCC4C3)ccc(OCC3CCCCC3)c2c1. The molecule has 6 rings (SSSR count). The van der Waals surface area contributed by atoms with E-state index in [-0.39, 0.29) is 0 Å². The Morgan fingerprint density at radius 3 is 1.80 bits per heavy atom. The molecule has 0 amide bonds. The molecule has 4 aliphatic rings. The van der Waals surface area contributed by atoms with Crippen LogP contribution >= 0.6 is 0 Å². The summed E-state index contributed by atoms with van der Waals surface area (Å²) in [5, 5.41) is 2.54. The Bertz CT molecular complexity index is 961. The number of ether oxygens (including phenoxy) is 2. The van der Waals surface area contributed by atoms with Crippen LogP contribution in [0.2, 0.25) is 0 Å². The summed E-state index contributed by atoms with van der Waals surface area (Å²) in [4.78, 5) is 2.68. The van der Waals surface area contributed by atoms with E-state index < -0.39 is 0 Å². The van der Waals surface area contributed by atoms with E-state index in [1.54, 1.807) is 0 Å². The highest BCUT2D eigenvalue weighted by atomic mass is 16.5. The molecular weight excluding hydrogens is 430 g/mol. The highest BCUT2D eigenvalue weighted by molar-refractivity contribution is 6.02. The summed E-state index contributed by atoms with van der Waals surface area (Å²) in [5.41, 5.74) is 1.37. The fourth-order valence-electron chi connectivity index (χ4n) is 7.56. The van der Waals surface area contributed by atoms with Crippen LogP contribution in [-0.2, 0) is 0 Å². The van der Waals surface area contributed by atoms with Crippen molar-refractivity contribution in [3.8, 4) is 11.5 Å². The lowest BCUT2D eigenvalue weighted by molar-refractivity contribution is 0.209. The third-order valence-corrected chi connectivity index (χ3v) is 9.66. The number of hydrogen-bond acceptors (Lipinski definition) is 3. The summed E-state index contributed by atoms with van der Waals surface area (Å²) < 4.78 is 13.2. The fourth-order valence-corrected chi connectivity index (χ4v) is 7.56. The first kappa shape index (κ1) is 23.5. The lowest BCUT2D eigenvalue weighted by Crippen LogP contribution is -2.21. The van der Waals surface area contributed by atoms with E-state index in [2.05, 4.69) is 35.2 Å². The highest BCUT2D eigenvalue weighted by Crippen LogP contribution is 2.45. The van der Waals surface area contributed by atoms with Crippen LogP contribution in [0, 0.1) is 23.7 Å². The Morgan fingerprint density at radius 1 is 0.600 bits per heavy atom. The molecule has 3 saturated carbocycles.